The van der Waals surface area contributed by atoms with Crippen molar-refractivity contribution < 1.29 is 17.8 Å². The highest BCUT2D eigenvalue weighted by atomic mass is 16.5. The van der Waals surface area contributed by atoms with E-state index >= 15 is 0 Å². The molecule has 1 saturated heterocycles. The van der Waals surface area contributed by atoms with Crippen LogP contribution >= 0.6 is 0 Å². The van der Waals surface area contributed by atoms with E-state index in [1.165, 1.54) is 0 Å². The fourth-order valence-electron chi connectivity index (χ4n) is 0.383. The molecule has 0 unspecified atom stereocenters. The minimum Gasteiger partial charge on any atom is -0.466 e. The fourth-order valence-corrected chi connectivity index (χ4v) is 0.383. The molecule has 0 bridgehead atoms. The highest BCUT2D eigenvalue weighted by Gasteiger charge is 2.05. The number of carbonyl (C=O) groups is 1. The summed E-state index contributed by atoms with van der Waals surface area (Å²) in [5, 5.41) is 0. The zero-order valence-corrected chi connectivity index (χ0v) is 4.23. The molecule has 1 aliphatic heterocycles. The van der Waals surface area contributed by atoms with Crippen LogP contribution in [-0.2, 0) is 9.53 Å². The Morgan fingerprint density at radius 3 is 3.25 bits per heavy atom. The van der Waals surface area contributed by atoms with Crippen molar-refractivity contribution >= 4 is 5.97 Å². The predicted molar refractivity (Wildman–Crippen MR) is 29.4 cm³/mol. The third kappa shape index (κ3) is 1.52. The molecular formula is C6H10O2. The van der Waals surface area contributed by atoms with E-state index < -0.39 is 38.1 Å². The minimum absolute atomic E-state index is 0.752. The summed E-state index contributed by atoms with van der Waals surface area (Å²) in [7, 11) is 0. The van der Waals surface area contributed by atoms with E-state index in [1.54, 1.807) is 0 Å². The van der Waals surface area contributed by atoms with Crippen molar-refractivity contribution in [2.45, 2.75) is 25.5 Å². The molecule has 0 aromatic heterocycles. The van der Waals surface area contributed by atoms with Crippen LogP contribution in [0, 0.1) is 0 Å². The number of rotatable bonds is 0. The van der Waals surface area contributed by atoms with Gasteiger partial charge in [-0.25, -0.2) is 0 Å². The first-order valence-corrected chi connectivity index (χ1v) is 2.26. The molecule has 1 heterocycles. The lowest BCUT2D eigenvalue weighted by atomic mass is 10.2. The Hall–Kier alpha value is -0.530. The molecule has 0 aliphatic carbocycles. The van der Waals surface area contributed by atoms with Crippen molar-refractivity contribution in [3.05, 3.63) is 0 Å². The molecular weight excluding hydrogens is 104 g/mol. The lowest BCUT2D eigenvalue weighted by Gasteiger charge is -1.93. The Bertz CT molecular complexity index is 261. The Balaban J connectivity index is 3.13. The molecule has 1 rings (SSSR count). The number of carbonyl (C=O) groups excluding carboxylic acids is 1. The Kier molecular flexibility index (Phi) is 0.581. The summed E-state index contributed by atoms with van der Waals surface area (Å²) < 4.78 is 48.3. The van der Waals surface area contributed by atoms with Crippen molar-refractivity contribution in [1.29, 1.82) is 0 Å². The normalized spacial score (nSPS) is 51.8. The zero-order valence-electron chi connectivity index (χ0n) is 10.2. The van der Waals surface area contributed by atoms with Crippen molar-refractivity contribution in [3.8, 4) is 0 Å². The quantitative estimate of drug-likeness (QED) is 0.447. The molecule has 46 valence electrons. The van der Waals surface area contributed by atoms with Crippen LogP contribution in [0.3, 0.4) is 0 Å². The first-order chi connectivity index (χ1) is 6.10. The zero-order chi connectivity index (χ0) is 11.2. The van der Waals surface area contributed by atoms with E-state index in [9.17, 15) is 4.79 Å². The van der Waals surface area contributed by atoms with E-state index in [0.29, 0.717) is 0 Å². The maximum absolute atomic E-state index is 10.9. The average Bonchev–Trinajstić information content (AvgIpc) is 2.02. The lowest BCUT2D eigenvalue weighted by molar-refractivity contribution is -0.142. The summed E-state index contributed by atoms with van der Waals surface area (Å²) >= 11 is 0. The third-order valence-electron chi connectivity index (χ3n) is 0.715. The largest absolute Gasteiger partial charge is 0.466 e. The summed E-state index contributed by atoms with van der Waals surface area (Å²) in [5.74, 6) is -0.916. The maximum atomic E-state index is 10.9. The van der Waals surface area contributed by atoms with Gasteiger partial charge in [0.1, 0.15) is 0 Å². The van der Waals surface area contributed by atoms with Gasteiger partial charge in [-0.1, -0.05) is 0 Å². The van der Waals surface area contributed by atoms with Crippen LogP contribution in [0.2, 0.25) is 0 Å². The van der Waals surface area contributed by atoms with Gasteiger partial charge in [-0.15, -0.1) is 0 Å². The molecule has 0 atom stereocenters. The maximum Gasteiger partial charge on any atom is 0.305 e. The van der Waals surface area contributed by atoms with Gasteiger partial charge in [-0.2, -0.15) is 0 Å². The van der Waals surface area contributed by atoms with E-state index in [-0.39, 0.29) is 0 Å². The molecule has 2 nitrogen and oxygen atoms in total. The first kappa shape index (κ1) is 1.72. The van der Waals surface area contributed by atoms with Crippen molar-refractivity contribution in [2.24, 2.45) is 0 Å². The molecule has 0 aromatic carbocycles. The van der Waals surface area contributed by atoms with Crippen LogP contribution in [-0.4, -0.2) is 12.6 Å². The molecule has 0 radical (unpaired) electrons. The highest BCUT2D eigenvalue weighted by Crippen LogP contribution is 2.06. The molecule has 0 amide bonds. The summed E-state index contributed by atoms with van der Waals surface area (Å²) in [6.07, 6.45) is -8.57. The first-order valence-electron chi connectivity index (χ1n) is 5.26. The van der Waals surface area contributed by atoms with Crippen molar-refractivity contribution in [3.63, 3.8) is 0 Å². The van der Waals surface area contributed by atoms with Crippen LogP contribution < -0.4 is 0 Å². The highest BCUT2D eigenvalue weighted by molar-refractivity contribution is 5.69. The number of ether oxygens (including phenoxy) is 1. The molecule has 0 aromatic rings. The predicted octanol–water partition coefficient (Wildman–Crippen LogP) is 1.10. The molecule has 0 saturated carbocycles. The van der Waals surface area contributed by atoms with E-state index in [1.807, 2.05) is 0 Å². The standard InChI is InChI=1S/C6H10O2/c7-6-4-2-1-3-5-8-6/h1-5H2/i1D2,2D2,3D2. The SMILES string of the molecule is [2H]C1([2H])COC(=O)CC([2H])([2H])C1([2H])[2H]. The average molecular weight is 120 g/mol. The van der Waals surface area contributed by atoms with Crippen LogP contribution in [0.1, 0.15) is 33.8 Å². The second-order valence-corrected chi connectivity index (χ2v) is 1.32. The van der Waals surface area contributed by atoms with Gasteiger partial charge in [-0.05, 0) is 19.1 Å². The van der Waals surface area contributed by atoms with Gasteiger partial charge in [0.05, 0.1) is 6.61 Å². The lowest BCUT2D eigenvalue weighted by Crippen LogP contribution is -2.00. The number of cyclic esters (lactones) is 1. The Morgan fingerprint density at radius 2 is 2.38 bits per heavy atom. The van der Waals surface area contributed by atoms with E-state index in [4.69, 9.17) is 8.22 Å². The van der Waals surface area contributed by atoms with E-state index in [2.05, 4.69) is 4.74 Å². The monoisotopic (exact) mass is 120 g/mol. The van der Waals surface area contributed by atoms with Gasteiger partial charge in [-0.3, -0.25) is 4.79 Å². The second kappa shape index (κ2) is 2.70. The number of hydrogen-bond acceptors (Lipinski definition) is 2. The molecule has 0 N–H and O–H groups in total. The number of esters is 1. The fraction of sp³-hybridized carbons (Fsp3) is 0.833. The van der Waals surface area contributed by atoms with Crippen LogP contribution in [0.15, 0.2) is 0 Å². The molecule has 1 aliphatic rings. The Labute approximate surface area is 57.3 Å². The van der Waals surface area contributed by atoms with Gasteiger partial charge in [0.15, 0.2) is 0 Å². The van der Waals surface area contributed by atoms with Gasteiger partial charge in [0.25, 0.3) is 0 Å². The van der Waals surface area contributed by atoms with Crippen molar-refractivity contribution in [2.75, 3.05) is 6.61 Å². The topological polar surface area (TPSA) is 26.3 Å². The summed E-state index contributed by atoms with van der Waals surface area (Å²) in [4.78, 5) is 10.9. The van der Waals surface area contributed by atoms with Gasteiger partial charge in [0.2, 0.25) is 0 Å². The molecule has 0 spiro atoms. The Morgan fingerprint density at radius 1 is 1.50 bits per heavy atom. The minimum atomic E-state index is -2.74. The molecule has 8 heavy (non-hydrogen) atoms. The smallest absolute Gasteiger partial charge is 0.305 e. The molecule has 2 heteroatoms. The van der Waals surface area contributed by atoms with Crippen LogP contribution in [0.4, 0.5) is 0 Å². The molecule has 1 fully saturated rings. The second-order valence-electron chi connectivity index (χ2n) is 1.32. The third-order valence-corrected chi connectivity index (χ3v) is 0.715. The van der Waals surface area contributed by atoms with Gasteiger partial charge in [0, 0.05) is 14.6 Å². The van der Waals surface area contributed by atoms with E-state index in [0.717, 1.165) is 0 Å². The van der Waals surface area contributed by atoms with Crippen LogP contribution in [0.5, 0.6) is 0 Å². The summed E-state index contributed by atoms with van der Waals surface area (Å²) in [6, 6.07) is 0. The van der Waals surface area contributed by atoms with Crippen molar-refractivity contribution in [1.82, 2.24) is 0 Å². The summed E-state index contributed by atoms with van der Waals surface area (Å²) in [5.41, 5.74) is 0. The number of hydrogen-bond donors (Lipinski definition) is 0. The van der Waals surface area contributed by atoms with Gasteiger partial charge < -0.3 is 4.74 Å². The van der Waals surface area contributed by atoms with Crippen LogP contribution in [0.25, 0.3) is 0 Å². The van der Waals surface area contributed by atoms with Gasteiger partial charge >= 0.3 is 5.97 Å². The summed E-state index contributed by atoms with van der Waals surface area (Å²) in [6.45, 7) is -0.752.